The summed E-state index contributed by atoms with van der Waals surface area (Å²) in [6.07, 6.45) is -3.18. The zero-order valence-electron chi connectivity index (χ0n) is 14.2. The summed E-state index contributed by atoms with van der Waals surface area (Å²) in [4.78, 5) is 23.3. The molecule has 1 heterocycles. The number of hydrogen-bond acceptors (Lipinski definition) is 4. The van der Waals surface area contributed by atoms with Crippen molar-refractivity contribution in [3.63, 3.8) is 0 Å². The number of nitrogens with zero attached hydrogens (tertiary/aromatic N) is 2. The second-order valence-corrected chi connectivity index (χ2v) is 6.36. The van der Waals surface area contributed by atoms with Gasteiger partial charge < -0.3 is 4.74 Å². The highest BCUT2D eigenvalue weighted by Gasteiger charge is 2.33. The Bertz CT molecular complexity index is 843. The Hall–Kier alpha value is -2.46. The van der Waals surface area contributed by atoms with Crippen molar-refractivity contribution in [2.45, 2.75) is 25.6 Å². The van der Waals surface area contributed by atoms with Gasteiger partial charge in [-0.2, -0.15) is 18.3 Å². The molecule has 7 nitrogen and oxygen atoms in total. The molecule has 0 radical (unpaired) electrons. The van der Waals surface area contributed by atoms with Crippen molar-refractivity contribution in [1.29, 1.82) is 0 Å². The summed E-state index contributed by atoms with van der Waals surface area (Å²) in [5.41, 5.74) is 3.15. The first kappa shape index (κ1) is 21.8. The normalized spacial score (nSPS) is 11.2. The smallest absolute Gasteiger partial charge is 0.435 e. The second-order valence-electron chi connectivity index (χ2n) is 5.52. The largest absolute Gasteiger partial charge is 0.492 e. The van der Waals surface area contributed by atoms with E-state index in [2.05, 4.69) is 16.0 Å². The number of hydrazine groups is 1. The molecule has 2 amide bonds. The SMILES string of the molecule is O=C(CCCOc1ccc(Cl)cc1Cl)NNC(=O)Cn1ccc(C(F)(F)F)n1. The van der Waals surface area contributed by atoms with Crippen LogP contribution in [0.5, 0.6) is 5.75 Å². The molecule has 0 fully saturated rings. The molecule has 0 bridgehead atoms. The molecule has 1 aromatic carbocycles. The maximum atomic E-state index is 12.4. The number of carbonyl (C=O) groups excluding carboxylic acids is 2. The minimum Gasteiger partial charge on any atom is -0.492 e. The van der Waals surface area contributed by atoms with Crippen molar-refractivity contribution >= 4 is 35.0 Å². The summed E-state index contributed by atoms with van der Waals surface area (Å²) >= 11 is 11.7. The molecule has 0 saturated carbocycles. The Balaban J connectivity index is 1.65. The zero-order valence-corrected chi connectivity index (χ0v) is 15.7. The maximum absolute atomic E-state index is 12.4. The molecule has 28 heavy (non-hydrogen) atoms. The number of hydrogen-bond donors (Lipinski definition) is 2. The lowest BCUT2D eigenvalue weighted by molar-refractivity contribution is -0.141. The van der Waals surface area contributed by atoms with Gasteiger partial charge in [-0.15, -0.1) is 0 Å². The number of nitrogens with one attached hydrogen (secondary N) is 2. The molecule has 0 unspecified atom stereocenters. The van der Waals surface area contributed by atoms with Crippen molar-refractivity contribution in [3.8, 4) is 5.75 Å². The number of aromatic nitrogens is 2. The first-order valence-corrected chi connectivity index (χ1v) is 8.67. The molecule has 0 aliphatic carbocycles. The first-order chi connectivity index (χ1) is 13.1. The van der Waals surface area contributed by atoms with E-state index in [0.29, 0.717) is 22.2 Å². The first-order valence-electron chi connectivity index (χ1n) is 7.91. The van der Waals surface area contributed by atoms with Gasteiger partial charge >= 0.3 is 6.18 Å². The molecule has 0 atom stereocenters. The van der Waals surface area contributed by atoms with E-state index >= 15 is 0 Å². The summed E-state index contributed by atoms with van der Waals surface area (Å²) in [5.74, 6) is -0.790. The minimum atomic E-state index is -4.59. The number of amides is 2. The van der Waals surface area contributed by atoms with E-state index < -0.39 is 30.2 Å². The average molecular weight is 439 g/mol. The van der Waals surface area contributed by atoms with Gasteiger partial charge in [0.15, 0.2) is 5.69 Å². The highest BCUT2D eigenvalue weighted by atomic mass is 35.5. The quantitative estimate of drug-likeness (QED) is 0.513. The third-order valence-electron chi connectivity index (χ3n) is 3.28. The molecule has 152 valence electrons. The number of ether oxygens (including phenoxy) is 1. The van der Waals surface area contributed by atoms with E-state index in [9.17, 15) is 22.8 Å². The molecule has 0 aliphatic heterocycles. The Morgan fingerprint density at radius 1 is 1.14 bits per heavy atom. The summed E-state index contributed by atoms with van der Waals surface area (Å²) < 4.78 is 43.5. The second kappa shape index (κ2) is 9.65. The van der Waals surface area contributed by atoms with Gasteiger partial charge in [-0.3, -0.25) is 25.1 Å². The van der Waals surface area contributed by atoms with Crippen molar-refractivity contribution in [3.05, 3.63) is 46.2 Å². The molecule has 12 heteroatoms. The van der Waals surface area contributed by atoms with Crippen LogP contribution in [0.1, 0.15) is 18.5 Å². The molecule has 0 aliphatic rings. The lowest BCUT2D eigenvalue weighted by atomic mass is 10.3. The van der Waals surface area contributed by atoms with Crippen LogP contribution in [0.3, 0.4) is 0 Å². The van der Waals surface area contributed by atoms with Crippen molar-refractivity contribution in [2.24, 2.45) is 0 Å². The molecule has 0 saturated heterocycles. The van der Waals surface area contributed by atoms with Crippen LogP contribution in [0.15, 0.2) is 30.5 Å². The van der Waals surface area contributed by atoms with E-state index in [1.165, 1.54) is 6.07 Å². The fourth-order valence-corrected chi connectivity index (χ4v) is 2.46. The van der Waals surface area contributed by atoms with E-state index in [-0.39, 0.29) is 13.0 Å². The van der Waals surface area contributed by atoms with Crippen LogP contribution in [0.4, 0.5) is 13.2 Å². The van der Waals surface area contributed by atoms with Crippen LogP contribution in [0.2, 0.25) is 10.0 Å². The van der Waals surface area contributed by atoms with E-state index in [0.717, 1.165) is 16.9 Å². The van der Waals surface area contributed by atoms with Gasteiger partial charge in [0.2, 0.25) is 5.91 Å². The van der Waals surface area contributed by atoms with Gasteiger partial charge in [0, 0.05) is 17.6 Å². The van der Waals surface area contributed by atoms with Crippen LogP contribution in [0.25, 0.3) is 0 Å². The predicted octanol–water partition coefficient (Wildman–Crippen LogP) is 3.22. The summed E-state index contributed by atoms with van der Waals surface area (Å²) in [7, 11) is 0. The van der Waals surface area contributed by atoms with Crippen molar-refractivity contribution in [2.75, 3.05) is 6.61 Å². The van der Waals surface area contributed by atoms with Crippen LogP contribution >= 0.6 is 23.2 Å². The Morgan fingerprint density at radius 2 is 1.86 bits per heavy atom. The van der Waals surface area contributed by atoms with Crippen LogP contribution in [-0.4, -0.2) is 28.2 Å². The lowest BCUT2D eigenvalue weighted by Gasteiger charge is -2.09. The highest BCUT2D eigenvalue weighted by Crippen LogP contribution is 2.28. The van der Waals surface area contributed by atoms with Gasteiger partial charge in [0.1, 0.15) is 12.3 Å². The standard InChI is InChI=1S/C16H15Cl2F3N4O3/c17-10-3-4-12(11(18)8-10)28-7-1-2-14(26)22-23-15(27)9-25-6-5-13(24-25)16(19,20)21/h3-6,8H,1-2,7,9H2,(H,22,26)(H,23,27). The fourth-order valence-electron chi connectivity index (χ4n) is 2.00. The molecule has 1 aromatic heterocycles. The number of alkyl halides is 3. The van der Waals surface area contributed by atoms with Crippen LogP contribution in [0, 0.1) is 0 Å². The third kappa shape index (κ3) is 6.93. The Labute approximate surface area is 167 Å². The maximum Gasteiger partial charge on any atom is 0.435 e. The predicted molar refractivity (Wildman–Crippen MR) is 94.7 cm³/mol. The molecular weight excluding hydrogens is 424 g/mol. The van der Waals surface area contributed by atoms with E-state index in [1.54, 1.807) is 12.1 Å². The van der Waals surface area contributed by atoms with Gasteiger partial charge in [0.05, 0.1) is 11.6 Å². The topological polar surface area (TPSA) is 85.3 Å². The average Bonchev–Trinajstić information content (AvgIpc) is 3.07. The zero-order chi connectivity index (χ0) is 20.7. The van der Waals surface area contributed by atoms with Crippen LogP contribution in [-0.2, 0) is 22.3 Å². The minimum absolute atomic E-state index is 0.0471. The number of rotatable bonds is 7. The summed E-state index contributed by atoms with van der Waals surface area (Å²) in [6.45, 7) is -0.273. The number of halogens is 5. The molecule has 0 spiro atoms. The summed E-state index contributed by atoms with van der Waals surface area (Å²) in [5, 5.41) is 4.05. The highest BCUT2D eigenvalue weighted by molar-refractivity contribution is 6.35. The number of benzene rings is 1. The number of carbonyl (C=O) groups is 2. The van der Waals surface area contributed by atoms with Crippen molar-refractivity contribution in [1.82, 2.24) is 20.6 Å². The monoisotopic (exact) mass is 438 g/mol. The molecule has 2 N–H and O–H groups in total. The molecule has 2 aromatic rings. The third-order valence-corrected chi connectivity index (χ3v) is 3.81. The van der Waals surface area contributed by atoms with E-state index in [1.807, 2.05) is 0 Å². The van der Waals surface area contributed by atoms with Gasteiger partial charge in [0.25, 0.3) is 5.91 Å². The van der Waals surface area contributed by atoms with E-state index in [4.69, 9.17) is 27.9 Å². The van der Waals surface area contributed by atoms with Gasteiger partial charge in [-0.1, -0.05) is 23.2 Å². The Kier molecular flexibility index (Phi) is 7.53. The lowest BCUT2D eigenvalue weighted by Crippen LogP contribution is -2.43. The van der Waals surface area contributed by atoms with Crippen molar-refractivity contribution < 1.29 is 27.5 Å². The summed E-state index contributed by atoms with van der Waals surface area (Å²) in [6, 6.07) is 5.49. The fraction of sp³-hybridized carbons (Fsp3) is 0.312. The van der Waals surface area contributed by atoms with Gasteiger partial charge in [-0.25, -0.2) is 0 Å². The van der Waals surface area contributed by atoms with Gasteiger partial charge in [-0.05, 0) is 30.7 Å². The molecule has 2 rings (SSSR count). The Morgan fingerprint density at radius 3 is 2.50 bits per heavy atom. The molecular formula is C16H15Cl2F3N4O3. The van der Waals surface area contributed by atoms with Crippen LogP contribution < -0.4 is 15.6 Å².